The Labute approximate surface area is 142 Å². The lowest BCUT2D eigenvalue weighted by Crippen LogP contribution is -2.29. The summed E-state index contributed by atoms with van der Waals surface area (Å²) in [6.45, 7) is 3.07. The van der Waals surface area contributed by atoms with E-state index in [0.717, 1.165) is 24.8 Å². The molecule has 1 unspecified atom stereocenters. The van der Waals surface area contributed by atoms with Gasteiger partial charge in [-0.1, -0.05) is 30.3 Å². The molecule has 0 amide bonds. The lowest BCUT2D eigenvalue weighted by molar-refractivity contribution is 0.0304. The van der Waals surface area contributed by atoms with E-state index in [0.29, 0.717) is 25.4 Å². The molecule has 24 heavy (non-hydrogen) atoms. The second kappa shape index (κ2) is 7.44. The number of rotatable bonds is 6. The summed E-state index contributed by atoms with van der Waals surface area (Å²) in [5, 5.41) is 8.18. The summed E-state index contributed by atoms with van der Waals surface area (Å²) in [7, 11) is -3.51. The van der Waals surface area contributed by atoms with Crippen LogP contribution in [0.2, 0.25) is 0 Å². The summed E-state index contributed by atoms with van der Waals surface area (Å²) in [5.41, 5.74) is 1.08. The first kappa shape index (κ1) is 17.1. The fraction of sp³-hybridized carbons (Fsp3) is 0.529. The molecule has 0 radical (unpaired) electrons. The number of hydrogen-bond donors (Lipinski definition) is 0. The standard InChI is InChI=1S/C17H23N3O3S/c1-2-20-16(12-14-8-4-3-5-9-14)18-19-17(20)24(21,22)13-15-10-6-7-11-23-15/h3-5,8-9,15H,2,6-7,10-13H2,1H3. The van der Waals surface area contributed by atoms with Crippen LogP contribution < -0.4 is 0 Å². The average Bonchev–Trinajstić information content (AvgIpc) is 3.00. The van der Waals surface area contributed by atoms with E-state index in [-0.39, 0.29) is 17.0 Å². The van der Waals surface area contributed by atoms with Crippen molar-refractivity contribution in [2.24, 2.45) is 0 Å². The molecule has 0 spiro atoms. The van der Waals surface area contributed by atoms with Gasteiger partial charge in [-0.05, 0) is 31.7 Å². The Hall–Kier alpha value is -1.73. The molecule has 1 aromatic carbocycles. The van der Waals surface area contributed by atoms with E-state index < -0.39 is 9.84 Å². The normalized spacial score (nSPS) is 18.6. The van der Waals surface area contributed by atoms with Gasteiger partial charge in [0.15, 0.2) is 0 Å². The number of benzene rings is 1. The largest absolute Gasteiger partial charge is 0.377 e. The predicted molar refractivity (Wildman–Crippen MR) is 90.6 cm³/mol. The summed E-state index contributed by atoms with van der Waals surface area (Å²) in [6, 6.07) is 9.87. The Morgan fingerprint density at radius 2 is 2.00 bits per heavy atom. The highest BCUT2D eigenvalue weighted by molar-refractivity contribution is 7.91. The van der Waals surface area contributed by atoms with Gasteiger partial charge in [-0.25, -0.2) is 8.42 Å². The summed E-state index contributed by atoms with van der Waals surface area (Å²) >= 11 is 0. The molecule has 1 aromatic heterocycles. The van der Waals surface area contributed by atoms with E-state index in [2.05, 4.69) is 10.2 Å². The van der Waals surface area contributed by atoms with Gasteiger partial charge >= 0.3 is 0 Å². The second-order valence-corrected chi connectivity index (χ2v) is 8.00. The number of nitrogens with zero attached hydrogens (tertiary/aromatic N) is 3. The molecule has 2 heterocycles. The van der Waals surface area contributed by atoms with Gasteiger partial charge in [-0.2, -0.15) is 0 Å². The van der Waals surface area contributed by atoms with Crippen LogP contribution >= 0.6 is 0 Å². The maximum atomic E-state index is 12.7. The molecule has 7 heteroatoms. The quantitative estimate of drug-likeness (QED) is 0.799. The SMILES string of the molecule is CCn1c(Cc2ccccc2)nnc1S(=O)(=O)CC1CCCCO1. The molecule has 130 valence electrons. The van der Waals surface area contributed by atoms with Gasteiger partial charge in [-0.15, -0.1) is 10.2 Å². The third-order valence-electron chi connectivity index (χ3n) is 4.27. The molecule has 1 fully saturated rings. The molecule has 2 aromatic rings. The number of aromatic nitrogens is 3. The van der Waals surface area contributed by atoms with Gasteiger partial charge in [0, 0.05) is 19.6 Å². The van der Waals surface area contributed by atoms with Crippen molar-refractivity contribution in [1.29, 1.82) is 0 Å². The molecule has 0 aliphatic carbocycles. The zero-order valence-electron chi connectivity index (χ0n) is 13.9. The topological polar surface area (TPSA) is 74.1 Å². The minimum absolute atomic E-state index is 0.0174. The maximum absolute atomic E-state index is 12.7. The molecule has 1 aliphatic rings. The molecule has 3 rings (SSSR count). The van der Waals surface area contributed by atoms with E-state index >= 15 is 0 Å². The fourth-order valence-corrected chi connectivity index (χ4v) is 4.67. The van der Waals surface area contributed by atoms with Gasteiger partial charge < -0.3 is 9.30 Å². The highest BCUT2D eigenvalue weighted by Crippen LogP contribution is 2.19. The van der Waals surface area contributed by atoms with Crippen LogP contribution in [-0.4, -0.2) is 41.6 Å². The number of sulfone groups is 1. The molecule has 0 saturated carbocycles. The Kier molecular flexibility index (Phi) is 5.30. The minimum atomic E-state index is -3.51. The summed E-state index contributed by atoms with van der Waals surface area (Å²) in [5.74, 6) is 0.656. The fourth-order valence-electron chi connectivity index (χ4n) is 3.03. The van der Waals surface area contributed by atoms with Gasteiger partial charge in [0.25, 0.3) is 0 Å². The van der Waals surface area contributed by atoms with E-state index in [1.54, 1.807) is 4.57 Å². The Bertz CT molecular complexity index is 766. The molecule has 1 saturated heterocycles. The second-order valence-electron chi connectivity index (χ2n) is 6.08. The predicted octanol–water partition coefficient (Wildman–Crippen LogP) is 2.23. The highest BCUT2D eigenvalue weighted by atomic mass is 32.2. The number of hydrogen-bond acceptors (Lipinski definition) is 5. The first-order valence-corrected chi connectivity index (χ1v) is 10.1. The monoisotopic (exact) mass is 349 g/mol. The Morgan fingerprint density at radius 1 is 1.21 bits per heavy atom. The third kappa shape index (κ3) is 3.84. The molecule has 6 nitrogen and oxygen atoms in total. The summed E-state index contributed by atoms with van der Waals surface area (Å²) < 4.78 is 32.8. The van der Waals surface area contributed by atoms with Crippen molar-refractivity contribution in [2.75, 3.05) is 12.4 Å². The van der Waals surface area contributed by atoms with Crippen LogP contribution in [0.1, 0.15) is 37.6 Å². The Morgan fingerprint density at radius 3 is 2.67 bits per heavy atom. The van der Waals surface area contributed by atoms with Crippen LogP contribution in [0.15, 0.2) is 35.5 Å². The Balaban J connectivity index is 1.82. The van der Waals surface area contributed by atoms with E-state index in [9.17, 15) is 8.42 Å². The molecule has 1 aliphatic heterocycles. The lowest BCUT2D eigenvalue weighted by atomic mass is 10.1. The van der Waals surface area contributed by atoms with Crippen LogP contribution in [0.3, 0.4) is 0 Å². The van der Waals surface area contributed by atoms with Crippen molar-refractivity contribution in [3.8, 4) is 0 Å². The number of ether oxygens (including phenoxy) is 1. The third-order valence-corrected chi connectivity index (χ3v) is 5.94. The van der Waals surface area contributed by atoms with E-state index in [1.807, 2.05) is 37.3 Å². The van der Waals surface area contributed by atoms with Gasteiger partial charge in [0.2, 0.25) is 15.0 Å². The van der Waals surface area contributed by atoms with Crippen LogP contribution in [0.5, 0.6) is 0 Å². The van der Waals surface area contributed by atoms with Crippen molar-refractivity contribution in [3.05, 3.63) is 41.7 Å². The first-order valence-electron chi connectivity index (χ1n) is 8.40. The van der Waals surface area contributed by atoms with Crippen molar-refractivity contribution in [2.45, 2.75) is 50.4 Å². The summed E-state index contributed by atoms with van der Waals surface area (Å²) in [6.07, 6.45) is 3.14. The minimum Gasteiger partial charge on any atom is -0.377 e. The molecule has 1 atom stereocenters. The maximum Gasteiger partial charge on any atom is 0.249 e. The van der Waals surface area contributed by atoms with Gasteiger partial charge in [-0.3, -0.25) is 0 Å². The molecule has 0 bridgehead atoms. The van der Waals surface area contributed by atoms with Crippen LogP contribution in [0.4, 0.5) is 0 Å². The van der Waals surface area contributed by atoms with E-state index in [1.165, 1.54) is 0 Å². The summed E-state index contributed by atoms with van der Waals surface area (Å²) in [4.78, 5) is 0. The van der Waals surface area contributed by atoms with Crippen LogP contribution in [0.25, 0.3) is 0 Å². The molecular formula is C17H23N3O3S. The zero-order chi connectivity index (χ0) is 17.0. The molecule has 0 N–H and O–H groups in total. The van der Waals surface area contributed by atoms with Gasteiger partial charge in [0.1, 0.15) is 5.82 Å². The van der Waals surface area contributed by atoms with Crippen molar-refractivity contribution >= 4 is 9.84 Å². The van der Waals surface area contributed by atoms with Crippen molar-refractivity contribution < 1.29 is 13.2 Å². The van der Waals surface area contributed by atoms with Crippen LogP contribution in [-0.2, 0) is 27.5 Å². The van der Waals surface area contributed by atoms with E-state index in [4.69, 9.17) is 4.74 Å². The first-order chi connectivity index (χ1) is 11.6. The highest BCUT2D eigenvalue weighted by Gasteiger charge is 2.29. The van der Waals surface area contributed by atoms with Crippen molar-refractivity contribution in [1.82, 2.24) is 14.8 Å². The van der Waals surface area contributed by atoms with Crippen LogP contribution in [0, 0.1) is 0 Å². The average molecular weight is 349 g/mol. The van der Waals surface area contributed by atoms with Gasteiger partial charge in [0.05, 0.1) is 11.9 Å². The smallest absolute Gasteiger partial charge is 0.249 e. The van der Waals surface area contributed by atoms with Crippen molar-refractivity contribution in [3.63, 3.8) is 0 Å². The molecular weight excluding hydrogens is 326 g/mol. The lowest BCUT2D eigenvalue weighted by Gasteiger charge is -2.22. The zero-order valence-corrected chi connectivity index (χ0v) is 14.7.